The molecule has 32 heavy (non-hydrogen) atoms. The van der Waals surface area contributed by atoms with E-state index < -0.39 is 24.5 Å². The second-order valence-corrected chi connectivity index (χ2v) is 7.97. The minimum atomic E-state index is -1.55. The van der Waals surface area contributed by atoms with Crippen LogP contribution in [0, 0.1) is 0 Å². The summed E-state index contributed by atoms with van der Waals surface area (Å²) in [5.41, 5.74) is 1.58. The number of aromatic nitrogens is 5. The monoisotopic (exact) mass is 467 g/mol. The third-order valence-electron chi connectivity index (χ3n) is 4.68. The van der Waals surface area contributed by atoms with Gasteiger partial charge in [-0.2, -0.15) is 5.10 Å². The zero-order valence-electron chi connectivity index (χ0n) is 17.6. The summed E-state index contributed by atoms with van der Waals surface area (Å²) in [5.74, 6) is 0.795. The van der Waals surface area contributed by atoms with Crippen LogP contribution in [0.4, 0.5) is 21.0 Å². The van der Waals surface area contributed by atoms with E-state index in [2.05, 4.69) is 30.8 Å². The number of hydrogen-bond donors (Lipinski definition) is 3. The lowest BCUT2D eigenvalue weighted by atomic mass is 10.1. The van der Waals surface area contributed by atoms with Crippen molar-refractivity contribution in [1.29, 1.82) is 0 Å². The van der Waals surface area contributed by atoms with Crippen molar-refractivity contribution in [3.63, 3.8) is 0 Å². The molecule has 3 atom stereocenters. The molecule has 4 heterocycles. The van der Waals surface area contributed by atoms with Crippen molar-refractivity contribution in [3.8, 4) is 0 Å². The highest BCUT2D eigenvalue weighted by Gasteiger charge is 2.42. The first-order valence-corrected chi connectivity index (χ1v) is 10.3. The van der Waals surface area contributed by atoms with E-state index in [9.17, 15) is 9.18 Å². The summed E-state index contributed by atoms with van der Waals surface area (Å²) in [7, 11) is 1.57. The molecular formula is C19H23ClFN7O4. The maximum absolute atomic E-state index is 14.9. The second kappa shape index (κ2) is 9.27. The first kappa shape index (κ1) is 22.2. The smallest absolute Gasteiger partial charge is 0.407 e. The fourth-order valence-electron chi connectivity index (χ4n) is 3.31. The highest BCUT2D eigenvalue weighted by Crippen LogP contribution is 2.33. The van der Waals surface area contributed by atoms with Crippen LogP contribution in [0.2, 0.25) is 5.02 Å². The average molecular weight is 468 g/mol. The Labute approximate surface area is 187 Å². The number of H-pyrrole nitrogens is 1. The number of amides is 1. The number of nitrogens with one attached hydrogen (secondary N) is 3. The van der Waals surface area contributed by atoms with Crippen molar-refractivity contribution in [1.82, 2.24) is 29.9 Å². The molecular weight excluding hydrogens is 445 g/mol. The number of carbonyl (C=O) groups excluding carboxylic acids is 1. The molecule has 0 bridgehead atoms. The Morgan fingerprint density at radius 3 is 3.06 bits per heavy atom. The standard InChI is InChI=1S/C19H23ClFN7O4/c1-9(2)23-19(29)32-13-8-31-16(15(13)21)12-4-14(27-26-12)25-18-22-5-11(20)17-24-10(7-30-3)6-28(17)18/h4-6,9,13,15-16H,7-8H2,1-3H3,(H,23,29)(H2,22,25,26,27)/t13-,15-,16-/m1/s1. The van der Waals surface area contributed by atoms with Gasteiger partial charge in [0.05, 0.1) is 30.8 Å². The number of hydrogen-bond acceptors (Lipinski definition) is 8. The number of fused-ring (bicyclic) bond motifs is 1. The second-order valence-electron chi connectivity index (χ2n) is 7.56. The first-order valence-electron chi connectivity index (χ1n) is 9.92. The summed E-state index contributed by atoms with van der Waals surface area (Å²) >= 11 is 6.19. The Hall–Kier alpha value is -2.96. The van der Waals surface area contributed by atoms with Crippen LogP contribution in [-0.4, -0.2) is 62.7 Å². The van der Waals surface area contributed by atoms with E-state index in [1.165, 1.54) is 6.20 Å². The summed E-state index contributed by atoms with van der Waals surface area (Å²) < 4.78 is 32.3. The van der Waals surface area contributed by atoms with Gasteiger partial charge in [-0.1, -0.05) is 11.6 Å². The van der Waals surface area contributed by atoms with E-state index in [1.807, 2.05) is 0 Å². The van der Waals surface area contributed by atoms with Crippen molar-refractivity contribution < 1.29 is 23.4 Å². The number of nitrogens with zero attached hydrogens (tertiary/aromatic N) is 4. The normalized spacial score (nSPS) is 20.8. The van der Waals surface area contributed by atoms with Gasteiger partial charge in [0.1, 0.15) is 11.1 Å². The molecule has 0 aliphatic carbocycles. The average Bonchev–Trinajstić information content (AvgIpc) is 3.44. The molecule has 1 saturated heterocycles. The van der Waals surface area contributed by atoms with Crippen molar-refractivity contribution in [2.45, 2.75) is 44.9 Å². The summed E-state index contributed by atoms with van der Waals surface area (Å²) in [4.78, 5) is 20.5. The van der Waals surface area contributed by atoms with Crippen LogP contribution in [0.5, 0.6) is 0 Å². The van der Waals surface area contributed by atoms with Gasteiger partial charge >= 0.3 is 6.09 Å². The van der Waals surface area contributed by atoms with E-state index in [4.69, 9.17) is 25.8 Å². The van der Waals surface area contributed by atoms with Crippen LogP contribution < -0.4 is 10.6 Å². The van der Waals surface area contributed by atoms with E-state index >= 15 is 0 Å². The lowest BCUT2D eigenvalue weighted by Gasteiger charge is -2.16. The SMILES string of the molecule is COCc1cn2c(Nc3cc([C@H]4OC[C@@H](OC(=O)NC(C)C)[C@H]4F)[nH]n3)ncc(Cl)c2n1. The van der Waals surface area contributed by atoms with Gasteiger partial charge in [-0.15, -0.1) is 0 Å². The molecule has 4 rings (SSSR count). The lowest BCUT2D eigenvalue weighted by molar-refractivity contribution is 0.0615. The van der Waals surface area contributed by atoms with Crippen LogP contribution in [0.3, 0.4) is 0 Å². The van der Waals surface area contributed by atoms with Gasteiger partial charge in [0.2, 0.25) is 5.95 Å². The number of carbonyl (C=O) groups is 1. The molecule has 0 saturated carbocycles. The number of methoxy groups -OCH3 is 1. The number of alkyl carbamates (subject to hydrolysis) is 1. The van der Waals surface area contributed by atoms with Gasteiger partial charge in [-0.3, -0.25) is 9.50 Å². The minimum Gasteiger partial charge on any atom is -0.441 e. The fourth-order valence-corrected chi connectivity index (χ4v) is 3.49. The first-order chi connectivity index (χ1) is 15.4. The minimum absolute atomic E-state index is 0.0597. The van der Waals surface area contributed by atoms with E-state index in [0.29, 0.717) is 40.4 Å². The predicted octanol–water partition coefficient (Wildman–Crippen LogP) is 2.91. The number of alkyl halides is 1. The van der Waals surface area contributed by atoms with Gasteiger partial charge in [0, 0.05) is 25.4 Å². The van der Waals surface area contributed by atoms with Gasteiger partial charge in [-0.05, 0) is 13.8 Å². The molecule has 3 N–H and O–H groups in total. The molecule has 1 aliphatic heterocycles. The van der Waals surface area contributed by atoms with Gasteiger partial charge < -0.3 is 24.8 Å². The Morgan fingerprint density at radius 2 is 2.31 bits per heavy atom. The van der Waals surface area contributed by atoms with Crippen molar-refractivity contribution in [2.24, 2.45) is 0 Å². The molecule has 172 valence electrons. The van der Waals surface area contributed by atoms with Crippen LogP contribution in [0.15, 0.2) is 18.5 Å². The number of anilines is 2. The highest BCUT2D eigenvalue weighted by molar-refractivity contribution is 6.33. The largest absolute Gasteiger partial charge is 0.441 e. The molecule has 1 fully saturated rings. The Kier molecular flexibility index (Phi) is 6.44. The fraction of sp³-hybridized carbons (Fsp3) is 0.474. The van der Waals surface area contributed by atoms with E-state index in [0.717, 1.165) is 0 Å². The predicted molar refractivity (Wildman–Crippen MR) is 113 cm³/mol. The molecule has 13 heteroatoms. The van der Waals surface area contributed by atoms with Crippen molar-refractivity contribution >= 4 is 35.1 Å². The molecule has 0 spiro atoms. The summed E-state index contributed by atoms with van der Waals surface area (Å²) in [5, 5.41) is 12.9. The molecule has 0 radical (unpaired) electrons. The maximum atomic E-state index is 14.9. The van der Waals surface area contributed by atoms with Crippen molar-refractivity contribution in [3.05, 3.63) is 34.9 Å². The van der Waals surface area contributed by atoms with E-state index in [-0.39, 0.29) is 12.6 Å². The highest BCUT2D eigenvalue weighted by atomic mass is 35.5. The number of imidazole rings is 1. The van der Waals surface area contributed by atoms with Crippen LogP contribution in [-0.2, 0) is 20.8 Å². The molecule has 3 aromatic heterocycles. The summed E-state index contributed by atoms with van der Waals surface area (Å²) in [6.45, 7) is 3.83. The molecule has 0 aromatic carbocycles. The number of aromatic amines is 1. The maximum Gasteiger partial charge on any atom is 0.407 e. The summed E-state index contributed by atoms with van der Waals surface area (Å²) in [6.07, 6.45) is -0.981. The Bertz CT molecular complexity index is 1100. The van der Waals surface area contributed by atoms with Gasteiger partial charge in [0.15, 0.2) is 23.7 Å². The van der Waals surface area contributed by atoms with Crippen LogP contribution in [0.25, 0.3) is 5.65 Å². The molecule has 1 aliphatic rings. The van der Waals surface area contributed by atoms with Crippen LogP contribution >= 0.6 is 11.6 Å². The molecule has 1 amide bonds. The third-order valence-corrected chi connectivity index (χ3v) is 4.95. The lowest BCUT2D eigenvalue weighted by Crippen LogP contribution is -2.36. The zero-order valence-corrected chi connectivity index (χ0v) is 18.4. The quantitative estimate of drug-likeness (QED) is 0.484. The Balaban J connectivity index is 1.47. The summed E-state index contributed by atoms with van der Waals surface area (Å²) in [6, 6.07) is 1.48. The Morgan fingerprint density at radius 1 is 1.50 bits per heavy atom. The van der Waals surface area contributed by atoms with Gasteiger partial charge in [-0.25, -0.2) is 19.2 Å². The zero-order chi connectivity index (χ0) is 22.8. The van der Waals surface area contributed by atoms with Gasteiger partial charge in [0.25, 0.3) is 0 Å². The number of ether oxygens (including phenoxy) is 3. The molecule has 0 unspecified atom stereocenters. The van der Waals surface area contributed by atoms with E-state index in [1.54, 1.807) is 37.6 Å². The number of halogens is 2. The number of rotatable bonds is 7. The topological polar surface area (TPSA) is 128 Å². The molecule has 11 nitrogen and oxygen atoms in total. The third kappa shape index (κ3) is 4.61. The molecule has 3 aromatic rings. The van der Waals surface area contributed by atoms with Crippen molar-refractivity contribution in [2.75, 3.05) is 19.0 Å². The van der Waals surface area contributed by atoms with Crippen LogP contribution in [0.1, 0.15) is 31.3 Å².